The Morgan fingerprint density at radius 1 is 1.50 bits per heavy atom. The van der Waals surface area contributed by atoms with E-state index in [-0.39, 0.29) is 0 Å². The largest absolute Gasteiger partial charge is 0.481 e. The molecule has 0 bridgehead atoms. The van der Waals surface area contributed by atoms with Crippen molar-refractivity contribution in [3.8, 4) is 5.88 Å². The van der Waals surface area contributed by atoms with Gasteiger partial charge in [0.05, 0.1) is 7.11 Å². The zero-order valence-electron chi connectivity index (χ0n) is 10.3. The number of aromatic nitrogens is 2. The Morgan fingerprint density at radius 3 is 2.88 bits per heavy atom. The van der Waals surface area contributed by atoms with E-state index in [1.54, 1.807) is 7.11 Å². The normalized spacial score (nSPS) is 12.2. The number of hydrogen-bond acceptors (Lipinski definition) is 5. The number of rotatable bonds is 6. The first kappa shape index (κ1) is 13.1. The van der Waals surface area contributed by atoms with E-state index in [1.807, 2.05) is 24.8 Å². The van der Waals surface area contributed by atoms with Crippen molar-refractivity contribution in [2.75, 3.05) is 23.9 Å². The molecule has 0 saturated heterocycles. The average molecular weight is 241 g/mol. The van der Waals surface area contributed by atoms with Crippen LogP contribution in [0.15, 0.2) is 6.07 Å². The van der Waals surface area contributed by atoms with Crippen molar-refractivity contribution in [2.24, 2.45) is 0 Å². The van der Waals surface area contributed by atoms with E-state index >= 15 is 0 Å². The molecule has 4 nitrogen and oxygen atoms in total. The third-order valence-corrected chi connectivity index (χ3v) is 3.13. The van der Waals surface area contributed by atoms with E-state index in [4.69, 9.17) is 4.74 Å². The predicted molar refractivity (Wildman–Crippen MR) is 69.4 cm³/mol. The van der Waals surface area contributed by atoms with Gasteiger partial charge in [-0.3, -0.25) is 0 Å². The van der Waals surface area contributed by atoms with Crippen molar-refractivity contribution in [1.82, 2.24) is 9.97 Å². The molecule has 1 atom stereocenters. The van der Waals surface area contributed by atoms with E-state index < -0.39 is 0 Å². The van der Waals surface area contributed by atoms with Gasteiger partial charge in [-0.1, -0.05) is 6.92 Å². The molecule has 0 fully saturated rings. The molecule has 1 heterocycles. The molecule has 0 radical (unpaired) electrons. The zero-order valence-corrected chi connectivity index (χ0v) is 11.1. The Balaban J connectivity index is 2.61. The van der Waals surface area contributed by atoms with Crippen molar-refractivity contribution < 1.29 is 4.74 Å². The Bertz CT molecular complexity index is 333. The SMILES string of the molecule is CCSCC(C)Nc1cc(OC)nc(C)n1. The van der Waals surface area contributed by atoms with Crippen LogP contribution in [0.4, 0.5) is 5.82 Å². The van der Waals surface area contributed by atoms with Gasteiger partial charge in [0.25, 0.3) is 0 Å². The van der Waals surface area contributed by atoms with Gasteiger partial charge in [0.1, 0.15) is 11.6 Å². The quantitative estimate of drug-likeness (QED) is 0.828. The highest BCUT2D eigenvalue weighted by Gasteiger charge is 2.05. The maximum atomic E-state index is 5.10. The third-order valence-electron chi connectivity index (χ3n) is 1.99. The van der Waals surface area contributed by atoms with Crippen LogP contribution in [0.1, 0.15) is 19.7 Å². The van der Waals surface area contributed by atoms with Crippen LogP contribution in [0.3, 0.4) is 0 Å². The second-order valence-corrected chi connectivity index (χ2v) is 4.87. The lowest BCUT2D eigenvalue weighted by Gasteiger charge is -2.14. The number of hydrogen-bond donors (Lipinski definition) is 1. The molecule has 1 aromatic heterocycles. The first-order valence-corrected chi connectivity index (χ1v) is 6.55. The van der Waals surface area contributed by atoms with Crippen molar-refractivity contribution in [1.29, 1.82) is 0 Å². The van der Waals surface area contributed by atoms with Gasteiger partial charge in [0, 0.05) is 17.9 Å². The van der Waals surface area contributed by atoms with Crippen molar-refractivity contribution in [3.63, 3.8) is 0 Å². The molecule has 1 rings (SSSR count). The fourth-order valence-corrected chi connectivity index (χ4v) is 1.98. The van der Waals surface area contributed by atoms with Crippen molar-refractivity contribution in [2.45, 2.75) is 26.8 Å². The highest BCUT2D eigenvalue weighted by Crippen LogP contribution is 2.14. The van der Waals surface area contributed by atoms with Gasteiger partial charge in [0.15, 0.2) is 0 Å². The number of anilines is 1. The monoisotopic (exact) mass is 241 g/mol. The number of ether oxygens (including phenoxy) is 1. The molecule has 90 valence electrons. The molecule has 0 spiro atoms. The summed E-state index contributed by atoms with van der Waals surface area (Å²) in [5.74, 6) is 4.36. The molecule has 0 aliphatic heterocycles. The first-order chi connectivity index (χ1) is 7.65. The molecule has 0 saturated carbocycles. The van der Waals surface area contributed by atoms with Gasteiger partial charge in [-0.2, -0.15) is 16.7 Å². The Labute approximate surface area is 101 Å². The smallest absolute Gasteiger partial charge is 0.218 e. The van der Waals surface area contributed by atoms with Crippen molar-refractivity contribution >= 4 is 17.6 Å². The van der Waals surface area contributed by atoms with Crippen LogP contribution in [0.25, 0.3) is 0 Å². The van der Waals surface area contributed by atoms with Gasteiger partial charge < -0.3 is 10.1 Å². The minimum atomic E-state index is 0.393. The fraction of sp³-hybridized carbons (Fsp3) is 0.636. The van der Waals surface area contributed by atoms with Crippen LogP contribution in [0.2, 0.25) is 0 Å². The standard InChI is InChI=1S/C11H19N3OS/c1-5-16-7-8(2)12-10-6-11(15-4)14-9(3)13-10/h6,8H,5,7H2,1-4H3,(H,12,13,14). The van der Waals surface area contributed by atoms with E-state index in [0.717, 1.165) is 23.1 Å². The highest BCUT2D eigenvalue weighted by atomic mass is 32.2. The van der Waals surface area contributed by atoms with Gasteiger partial charge in [-0.25, -0.2) is 4.98 Å². The molecule has 1 aromatic rings. The summed E-state index contributed by atoms with van der Waals surface area (Å²) in [4.78, 5) is 8.46. The Kier molecular flexibility index (Phi) is 5.38. The van der Waals surface area contributed by atoms with E-state index in [2.05, 4.69) is 29.1 Å². The van der Waals surface area contributed by atoms with E-state index in [1.165, 1.54) is 0 Å². The second kappa shape index (κ2) is 6.58. The molecule has 0 aliphatic rings. The third kappa shape index (κ3) is 4.26. The second-order valence-electron chi connectivity index (χ2n) is 3.55. The van der Waals surface area contributed by atoms with E-state index in [9.17, 15) is 0 Å². The molecule has 1 N–H and O–H groups in total. The summed E-state index contributed by atoms with van der Waals surface area (Å²) in [5.41, 5.74) is 0. The summed E-state index contributed by atoms with van der Waals surface area (Å²) in [5, 5.41) is 3.34. The Morgan fingerprint density at radius 2 is 2.25 bits per heavy atom. The molecule has 16 heavy (non-hydrogen) atoms. The van der Waals surface area contributed by atoms with Gasteiger partial charge in [-0.15, -0.1) is 0 Å². The molecule has 1 unspecified atom stereocenters. The number of thioether (sulfide) groups is 1. The molecular weight excluding hydrogens is 222 g/mol. The van der Waals surface area contributed by atoms with Crippen LogP contribution in [0.5, 0.6) is 5.88 Å². The van der Waals surface area contributed by atoms with Gasteiger partial charge in [0.2, 0.25) is 5.88 Å². The summed E-state index contributed by atoms with van der Waals surface area (Å²) in [6.07, 6.45) is 0. The van der Waals surface area contributed by atoms with Crippen LogP contribution in [-0.4, -0.2) is 34.6 Å². The molecule has 5 heteroatoms. The maximum absolute atomic E-state index is 5.10. The maximum Gasteiger partial charge on any atom is 0.218 e. The van der Waals surface area contributed by atoms with Gasteiger partial charge >= 0.3 is 0 Å². The number of methoxy groups -OCH3 is 1. The zero-order chi connectivity index (χ0) is 12.0. The fourth-order valence-electron chi connectivity index (χ4n) is 1.31. The first-order valence-electron chi connectivity index (χ1n) is 5.39. The number of aryl methyl sites for hydroxylation is 1. The van der Waals surface area contributed by atoms with E-state index in [0.29, 0.717) is 11.9 Å². The summed E-state index contributed by atoms with van der Waals surface area (Å²) in [6, 6.07) is 2.21. The predicted octanol–water partition coefficient (Wildman–Crippen LogP) is 2.35. The van der Waals surface area contributed by atoms with Crippen LogP contribution >= 0.6 is 11.8 Å². The highest BCUT2D eigenvalue weighted by molar-refractivity contribution is 7.99. The average Bonchev–Trinajstić information content (AvgIpc) is 2.25. The minimum Gasteiger partial charge on any atom is -0.481 e. The molecule has 0 aromatic carbocycles. The number of nitrogens with zero attached hydrogens (tertiary/aromatic N) is 2. The lowest BCUT2D eigenvalue weighted by Crippen LogP contribution is -2.19. The molecular formula is C11H19N3OS. The summed E-state index contributed by atoms with van der Waals surface area (Å²) < 4.78 is 5.10. The topological polar surface area (TPSA) is 47.0 Å². The lowest BCUT2D eigenvalue weighted by atomic mass is 10.4. The lowest BCUT2D eigenvalue weighted by molar-refractivity contribution is 0.396. The van der Waals surface area contributed by atoms with Crippen LogP contribution in [-0.2, 0) is 0 Å². The van der Waals surface area contributed by atoms with Crippen LogP contribution in [0, 0.1) is 6.92 Å². The van der Waals surface area contributed by atoms with Crippen molar-refractivity contribution in [3.05, 3.63) is 11.9 Å². The minimum absolute atomic E-state index is 0.393. The summed E-state index contributed by atoms with van der Waals surface area (Å²) in [6.45, 7) is 6.17. The van der Waals surface area contributed by atoms with Gasteiger partial charge in [-0.05, 0) is 19.6 Å². The van der Waals surface area contributed by atoms with Crippen LogP contribution < -0.4 is 10.1 Å². The Hall–Kier alpha value is -0.970. The summed E-state index contributed by atoms with van der Waals surface area (Å²) >= 11 is 1.91. The molecule has 0 amide bonds. The summed E-state index contributed by atoms with van der Waals surface area (Å²) in [7, 11) is 1.61. The molecule has 0 aliphatic carbocycles. The number of nitrogens with one attached hydrogen (secondary N) is 1.